The van der Waals surface area contributed by atoms with Gasteiger partial charge in [-0.2, -0.15) is 0 Å². The van der Waals surface area contributed by atoms with Crippen LogP contribution in [0.5, 0.6) is 0 Å². The van der Waals surface area contributed by atoms with Gasteiger partial charge in [0.05, 0.1) is 10.0 Å². The second kappa shape index (κ2) is 10.7. The lowest BCUT2D eigenvalue weighted by Gasteiger charge is -2.31. The van der Waals surface area contributed by atoms with Gasteiger partial charge in [-0.15, -0.1) is 0 Å². The van der Waals surface area contributed by atoms with Crippen molar-refractivity contribution in [2.45, 2.75) is 72.0 Å². The van der Waals surface area contributed by atoms with E-state index in [-0.39, 0.29) is 17.9 Å². The predicted octanol–water partition coefficient (Wildman–Crippen LogP) is 4.82. The fourth-order valence-electron chi connectivity index (χ4n) is 2.55. The SMILES string of the molecule is CCCC(=O)N(Cc1ccc(Cl)c(Cl)c1)[C@H](CC)C(=O)N[C@@H](C)CC. The van der Waals surface area contributed by atoms with Gasteiger partial charge in [-0.05, 0) is 43.9 Å². The molecule has 0 fully saturated rings. The molecule has 0 unspecified atom stereocenters. The smallest absolute Gasteiger partial charge is 0.243 e. The molecule has 1 N–H and O–H groups in total. The van der Waals surface area contributed by atoms with Gasteiger partial charge >= 0.3 is 0 Å². The Balaban J connectivity index is 3.05. The van der Waals surface area contributed by atoms with Gasteiger partial charge in [0.2, 0.25) is 11.8 Å². The van der Waals surface area contributed by atoms with Crippen LogP contribution in [0.3, 0.4) is 0 Å². The second-order valence-corrected chi connectivity index (χ2v) is 7.08. The van der Waals surface area contributed by atoms with Gasteiger partial charge in [-0.1, -0.05) is 50.0 Å². The van der Waals surface area contributed by atoms with Crippen LogP contribution in [0.15, 0.2) is 18.2 Å². The maximum atomic E-state index is 12.7. The van der Waals surface area contributed by atoms with Crippen LogP contribution >= 0.6 is 23.2 Å². The normalized spacial score (nSPS) is 13.2. The first-order valence-corrected chi connectivity index (χ1v) is 9.63. The number of hydrogen-bond donors (Lipinski definition) is 1. The fraction of sp³-hybridized carbons (Fsp3) is 0.579. The number of nitrogens with one attached hydrogen (secondary N) is 1. The van der Waals surface area contributed by atoms with Gasteiger partial charge in [-0.25, -0.2) is 0 Å². The molecule has 0 saturated heterocycles. The molecule has 0 saturated carbocycles. The van der Waals surface area contributed by atoms with Gasteiger partial charge in [0.25, 0.3) is 0 Å². The first kappa shape index (κ1) is 21.8. The molecule has 0 radical (unpaired) electrons. The molecule has 25 heavy (non-hydrogen) atoms. The highest BCUT2D eigenvalue weighted by Gasteiger charge is 2.28. The Labute approximate surface area is 160 Å². The molecule has 2 atom stereocenters. The first-order valence-electron chi connectivity index (χ1n) is 8.87. The van der Waals surface area contributed by atoms with Gasteiger partial charge < -0.3 is 10.2 Å². The van der Waals surface area contributed by atoms with E-state index in [0.29, 0.717) is 29.4 Å². The zero-order valence-electron chi connectivity index (χ0n) is 15.4. The van der Waals surface area contributed by atoms with Gasteiger partial charge in [0.1, 0.15) is 6.04 Å². The molecule has 4 nitrogen and oxygen atoms in total. The third-order valence-electron chi connectivity index (χ3n) is 4.19. The van der Waals surface area contributed by atoms with Crippen LogP contribution in [0.25, 0.3) is 0 Å². The molecule has 0 aliphatic heterocycles. The van der Waals surface area contributed by atoms with E-state index in [1.165, 1.54) is 0 Å². The summed E-state index contributed by atoms with van der Waals surface area (Å²) in [5.74, 6) is -0.138. The van der Waals surface area contributed by atoms with E-state index < -0.39 is 6.04 Å². The zero-order valence-corrected chi connectivity index (χ0v) is 17.0. The molecular formula is C19H28Cl2N2O2. The van der Waals surface area contributed by atoms with Crippen LogP contribution in [0, 0.1) is 0 Å². The lowest BCUT2D eigenvalue weighted by Crippen LogP contribution is -2.50. The van der Waals surface area contributed by atoms with Crippen molar-refractivity contribution >= 4 is 35.0 Å². The molecular weight excluding hydrogens is 359 g/mol. The lowest BCUT2D eigenvalue weighted by atomic mass is 10.1. The number of nitrogens with zero attached hydrogens (tertiary/aromatic N) is 1. The van der Waals surface area contributed by atoms with Gasteiger partial charge in [-0.3, -0.25) is 9.59 Å². The summed E-state index contributed by atoms with van der Waals surface area (Å²) in [6.45, 7) is 8.18. The molecule has 6 heteroatoms. The average molecular weight is 387 g/mol. The Bertz CT molecular complexity index is 593. The van der Waals surface area contributed by atoms with Crippen molar-refractivity contribution in [2.75, 3.05) is 0 Å². The van der Waals surface area contributed by atoms with Crippen LogP contribution in [-0.2, 0) is 16.1 Å². The Kier molecular flexibility index (Phi) is 9.30. The van der Waals surface area contributed by atoms with Gasteiger partial charge in [0.15, 0.2) is 0 Å². The summed E-state index contributed by atoms with van der Waals surface area (Å²) < 4.78 is 0. The first-order chi connectivity index (χ1) is 11.8. The minimum Gasteiger partial charge on any atom is -0.352 e. The molecule has 0 bridgehead atoms. The standard InChI is InChI=1S/C19H28Cl2N2O2/c1-5-8-18(24)23(12-14-9-10-15(20)16(21)11-14)17(7-3)19(25)22-13(4)6-2/h9-11,13,17H,5-8,12H2,1-4H3,(H,22,25)/t13-,17+/m0/s1. The van der Waals surface area contributed by atoms with E-state index >= 15 is 0 Å². The highest BCUT2D eigenvalue weighted by molar-refractivity contribution is 6.42. The number of hydrogen-bond acceptors (Lipinski definition) is 2. The molecule has 0 heterocycles. The topological polar surface area (TPSA) is 49.4 Å². The third kappa shape index (κ3) is 6.52. The van der Waals surface area contributed by atoms with Crippen LogP contribution in [-0.4, -0.2) is 28.8 Å². The Morgan fingerprint density at radius 2 is 1.80 bits per heavy atom. The van der Waals surface area contributed by atoms with Crippen LogP contribution in [0.4, 0.5) is 0 Å². The van der Waals surface area contributed by atoms with E-state index in [1.54, 1.807) is 17.0 Å². The average Bonchev–Trinajstić information content (AvgIpc) is 2.57. The maximum Gasteiger partial charge on any atom is 0.243 e. The summed E-state index contributed by atoms with van der Waals surface area (Å²) in [6.07, 6.45) is 2.55. The number of rotatable bonds is 9. The minimum absolute atomic E-state index is 0.0280. The fourth-order valence-corrected chi connectivity index (χ4v) is 2.87. The Morgan fingerprint density at radius 1 is 1.12 bits per heavy atom. The summed E-state index contributed by atoms with van der Waals surface area (Å²) in [5.41, 5.74) is 0.855. The summed E-state index contributed by atoms with van der Waals surface area (Å²) in [6, 6.07) is 4.87. The van der Waals surface area contributed by atoms with Crippen molar-refractivity contribution in [3.63, 3.8) is 0 Å². The van der Waals surface area contributed by atoms with Crippen molar-refractivity contribution in [1.82, 2.24) is 10.2 Å². The van der Waals surface area contributed by atoms with Gasteiger partial charge in [0, 0.05) is 19.0 Å². The maximum absolute atomic E-state index is 12.7. The molecule has 140 valence electrons. The van der Waals surface area contributed by atoms with Crippen molar-refractivity contribution < 1.29 is 9.59 Å². The molecule has 2 amide bonds. The number of carbonyl (C=O) groups excluding carboxylic acids is 2. The monoisotopic (exact) mass is 386 g/mol. The number of halogens is 2. The highest BCUT2D eigenvalue weighted by Crippen LogP contribution is 2.24. The molecule has 1 aromatic carbocycles. The van der Waals surface area contributed by atoms with E-state index in [0.717, 1.165) is 18.4 Å². The van der Waals surface area contributed by atoms with Crippen molar-refractivity contribution in [3.05, 3.63) is 33.8 Å². The second-order valence-electron chi connectivity index (χ2n) is 6.26. The van der Waals surface area contributed by atoms with Crippen LogP contribution in [0.1, 0.15) is 58.9 Å². The summed E-state index contributed by atoms with van der Waals surface area (Å²) in [5, 5.41) is 3.90. The lowest BCUT2D eigenvalue weighted by molar-refractivity contribution is -0.141. The Morgan fingerprint density at radius 3 is 2.32 bits per heavy atom. The molecule has 0 aromatic heterocycles. The number of carbonyl (C=O) groups is 2. The minimum atomic E-state index is -0.498. The quantitative estimate of drug-likeness (QED) is 0.661. The predicted molar refractivity (Wildman–Crippen MR) is 104 cm³/mol. The highest BCUT2D eigenvalue weighted by atomic mass is 35.5. The molecule has 1 rings (SSSR count). The largest absolute Gasteiger partial charge is 0.352 e. The Hall–Kier alpha value is -1.26. The van der Waals surface area contributed by atoms with E-state index in [4.69, 9.17) is 23.2 Å². The van der Waals surface area contributed by atoms with Crippen molar-refractivity contribution in [1.29, 1.82) is 0 Å². The van der Waals surface area contributed by atoms with Crippen molar-refractivity contribution in [2.24, 2.45) is 0 Å². The molecule has 1 aromatic rings. The molecule has 0 spiro atoms. The summed E-state index contributed by atoms with van der Waals surface area (Å²) >= 11 is 12.1. The van der Waals surface area contributed by atoms with E-state index in [9.17, 15) is 9.59 Å². The number of benzene rings is 1. The van der Waals surface area contributed by atoms with Crippen LogP contribution < -0.4 is 5.32 Å². The molecule has 0 aliphatic rings. The molecule has 0 aliphatic carbocycles. The van der Waals surface area contributed by atoms with Crippen LogP contribution in [0.2, 0.25) is 10.0 Å². The van der Waals surface area contributed by atoms with Crippen molar-refractivity contribution in [3.8, 4) is 0 Å². The van der Waals surface area contributed by atoms with E-state index in [1.807, 2.05) is 33.8 Å². The summed E-state index contributed by atoms with van der Waals surface area (Å²) in [4.78, 5) is 27.0. The zero-order chi connectivity index (χ0) is 19.0. The summed E-state index contributed by atoms with van der Waals surface area (Å²) in [7, 11) is 0. The third-order valence-corrected chi connectivity index (χ3v) is 4.93. The van der Waals surface area contributed by atoms with E-state index in [2.05, 4.69) is 5.32 Å². The number of amides is 2.